The number of carbonyl (C=O) groups excluding carboxylic acids is 1. The van der Waals surface area contributed by atoms with E-state index in [1.54, 1.807) is 20.8 Å². The Kier molecular flexibility index (Phi) is 8.34. The Morgan fingerprint density at radius 1 is 1.43 bits per heavy atom. The number of hydrazine groups is 1. The molecule has 21 heavy (non-hydrogen) atoms. The summed E-state index contributed by atoms with van der Waals surface area (Å²) in [6, 6.07) is 0. The topological polar surface area (TPSA) is 117 Å². The van der Waals surface area contributed by atoms with E-state index < -0.39 is 16.7 Å². The number of hydrogen-bond acceptors (Lipinski definition) is 5. The lowest BCUT2D eigenvalue weighted by molar-refractivity contribution is -0.525. The molecule has 1 unspecified atom stereocenters. The van der Waals surface area contributed by atoms with Crippen molar-refractivity contribution in [3.05, 3.63) is 10.1 Å². The highest BCUT2D eigenvalue weighted by Crippen LogP contribution is 2.12. The molecule has 0 bridgehead atoms. The van der Waals surface area contributed by atoms with E-state index in [0.29, 0.717) is 19.4 Å². The second kappa shape index (κ2) is 9.15. The fourth-order valence-corrected chi connectivity index (χ4v) is 1.73. The first-order valence-corrected chi connectivity index (χ1v) is 7.09. The van der Waals surface area contributed by atoms with Gasteiger partial charge in [0.25, 0.3) is 0 Å². The molecule has 3 N–H and O–H groups in total. The fourth-order valence-electron chi connectivity index (χ4n) is 1.73. The van der Waals surface area contributed by atoms with Gasteiger partial charge in [-0.1, -0.05) is 18.8 Å². The standard InChI is InChI=1S/C13H26N4O4/c1-5-10(7-6-8-11(14)16-17(19)20)9-15-12(18)21-13(2,3)4/h10H,5-9H2,1-4H3,(H2,14,16)(H,15,18). The van der Waals surface area contributed by atoms with Crippen molar-refractivity contribution in [1.82, 2.24) is 10.7 Å². The van der Waals surface area contributed by atoms with Gasteiger partial charge in [0.15, 0.2) is 10.9 Å². The minimum atomic E-state index is -0.732. The second-order valence-corrected chi connectivity index (χ2v) is 5.90. The zero-order valence-electron chi connectivity index (χ0n) is 13.2. The molecule has 1 atom stereocenters. The Hall–Kier alpha value is -1.86. The van der Waals surface area contributed by atoms with Gasteiger partial charge in [0.05, 0.1) is 0 Å². The average Bonchev–Trinajstić information content (AvgIpc) is 2.30. The van der Waals surface area contributed by atoms with E-state index in [2.05, 4.69) is 5.32 Å². The third kappa shape index (κ3) is 11.6. The molecule has 0 aliphatic carbocycles. The van der Waals surface area contributed by atoms with E-state index in [1.165, 1.54) is 0 Å². The lowest BCUT2D eigenvalue weighted by Gasteiger charge is -2.21. The molecule has 122 valence electrons. The maximum absolute atomic E-state index is 11.5. The van der Waals surface area contributed by atoms with Gasteiger partial charge in [-0.2, -0.15) is 0 Å². The van der Waals surface area contributed by atoms with Crippen LogP contribution in [0.25, 0.3) is 0 Å². The van der Waals surface area contributed by atoms with E-state index in [9.17, 15) is 14.9 Å². The first-order valence-electron chi connectivity index (χ1n) is 7.09. The lowest BCUT2D eigenvalue weighted by Crippen LogP contribution is -2.35. The number of amidine groups is 1. The van der Waals surface area contributed by atoms with Gasteiger partial charge in [0, 0.05) is 13.0 Å². The van der Waals surface area contributed by atoms with Crippen LogP contribution < -0.4 is 10.7 Å². The summed E-state index contributed by atoms with van der Waals surface area (Å²) < 4.78 is 5.15. The Morgan fingerprint density at radius 3 is 2.52 bits per heavy atom. The number of amides is 1. The number of rotatable bonds is 8. The quantitative estimate of drug-likeness (QED) is 0.275. The molecule has 0 saturated carbocycles. The van der Waals surface area contributed by atoms with Crippen molar-refractivity contribution in [1.29, 1.82) is 5.41 Å². The van der Waals surface area contributed by atoms with Crippen LogP contribution in [0.4, 0.5) is 4.79 Å². The third-order valence-electron chi connectivity index (χ3n) is 2.78. The summed E-state index contributed by atoms with van der Waals surface area (Å²) in [6.07, 6.45) is 2.21. The molecule has 0 aliphatic heterocycles. The van der Waals surface area contributed by atoms with Crippen molar-refractivity contribution in [3.63, 3.8) is 0 Å². The molecule has 0 aliphatic rings. The number of carbonyl (C=O) groups is 1. The predicted molar refractivity (Wildman–Crippen MR) is 79.7 cm³/mol. The predicted octanol–water partition coefficient (Wildman–Crippen LogP) is 2.47. The molecule has 1 amide bonds. The monoisotopic (exact) mass is 302 g/mol. The van der Waals surface area contributed by atoms with E-state index in [-0.39, 0.29) is 11.8 Å². The molecule has 0 aromatic rings. The lowest BCUT2D eigenvalue weighted by atomic mass is 9.99. The number of nitro groups is 1. The number of ether oxygens (including phenoxy) is 1. The van der Waals surface area contributed by atoms with Crippen LogP contribution in [-0.2, 0) is 4.74 Å². The minimum Gasteiger partial charge on any atom is -0.444 e. The van der Waals surface area contributed by atoms with Crippen molar-refractivity contribution in [2.45, 2.75) is 59.0 Å². The highest BCUT2D eigenvalue weighted by Gasteiger charge is 2.17. The van der Waals surface area contributed by atoms with Gasteiger partial charge >= 0.3 is 6.09 Å². The molecule has 0 heterocycles. The Balaban J connectivity index is 3.93. The molecular formula is C13H26N4O4. The van der Waals surface area contributed by atoms with Crippen molar-refractivity contribution in [3.8, 4) is 0 Å². The van der Waals surface area contributed by atoms with Crippen LogP contribution in [0.1, 0.15) is 53.4 Å². The van der Waals surface area contributed by atoms with Gasteiger partial charge in [-0.05, 0) is 39.5 Å². The number of hydrogen-bond donors (Lipinski definition) is 3. The molecule has 0 aromatic carbocycles. The molecular weight excluding hydrogens is 276 g/mol. The molecule has 8 nitrogen and oxygen atoms in total. The first-order chi connectivity index (χ1) is 9.64. The van der Waals surface area contributed by atoms with Crippen molar-refractivity contribution < 1.29 is 14.6 Å². The van der Waals surface area contributed by atoms with Gasteiger partial charge in [-0.25, -0.2) is 14.9 Å². The van der Waals surface area contributed by atoms with E-state index in [4.69, 9.17) is 10.1 Å². The summed E-state index contributed by atoms with van der Waals surface area (Å²) in [5, 5.41) is 19.5. The van der Waals surface area contributed by atoms with Crippen LogP contribution in [0.15, 0.2) is 0 Å². The van der Waals surface area contributed by atoms with Gasteiger partial charge in [0.2, 0.25) is 0 Å². The highest BCUT2D eigenvalue weighted by molar-refractivity contribution is 5.77. The fraction of sp³-hybridized carbons (Fsp3) is 0.846. The first kappa shape index (κ1) is 19.1. The second-order valence-electron chi connectivity index (χ2n) is 5.90. The van der Waals surface area contributed by atoms with Crippen LogP contribution in [0.2, 0.25) is 0 Å². The van der Waals surface area contributed by atoms with E-state index in [1.807, 2.05) is 12.3 Å². The largest absolute Gasteiger partial charge is 0.444 e. The van der Waals surface area contributed by atoms with Crippen LogP contribution >= 0.6 is 0 Å². The number of nitrogens with one attached hydrogen (secondary N) is 3. The summed E-state index contributed by atoms with van der Waals surface area (Å²) in [5.74, 6) is 0.163. The van der Waals surface area contributed by atoms with Gasteiger partial charge in [-0.3, -0.25) is 5.41 Å². The van der Waals surface area contributed by atoms with Gasteiger partial charge in [0.1, 0.15) is 5.60 Å². The van der Waals surface area contributed by atoms with Crippen molar-refractivity contribution >= 4 is 11.9 Å². The van der Waals surface area contributed by atoms with E-state index in [0.717, 1.165) is 12.8 Å². The Bertz CT molecular complexity index is 366. The van der Waals surface area contributed by atoms with Crippen LogP contribution in [-0.4, -0.2) is 29.1 Å². The maximum atomic E-state index is 11.5. The molecule has 0 rings (SSSR count). The van der Waals surface area contributed by atoms with E-state index >= 15 is 0 Å². The molecule has 8 heteroatoms. The summed E-state index contributed by atoms with van der Waals surface area (Å²) in [5.41, 5.74) is 1.31. The normalized spacial score (nSPS) is 12.4. The zero-order valence-corrected chi connectivity index (χ0v) is 13.2. The SMILES string of the molecule is CCC(CCCC(=N)N[N+](=O)[O-])CNC(=O)OC(C)(C)C. The highest BCUT2D eigenvalue weighted by atomic mass is 16.7. The van der Waals surface area contributed by atoms with Gasteiger partial charge in [-0.15, -0.1) is 0 Å². The third-order valence-corrected chi connectivity index (χ3v) is 2.78. The maximum Gasteiger partial charge on any atom is 0.407 e. The summed E-state index contributed by atoms with van der Waals surface area (Å²) in [7, 11) is 0. The van der Waals surface area contributed by atoms with Crippen LogP contribution in [0.3, 0.4) is 0 Å². The van der Waals surface area contributed by atoms with Crippen LogP contribution in [0, 0.1) is 21.4 Å². The van der Waals surface area contributed by atoms with Crippen LogP contribution in [0.5, 0.6) is 0 Å². The Labute approximate surface area is 125 Å². The summed E-state index contributed by atoms with van der Waals surface area (Å²) in [6.45, 7) is 7.93. The smallest absolute Gasteiger partial charge is 0.407 e. The molecule has 0 aromatic heterocycles. The summed E-state index contributed by atoms with van der Waals surface area (Å²) in [4.78, 5) is 21.7. The number of nitrogens with zero attached hydrogens (tertiary/aromatic N) is 1. The Morgan fingerprint density at radius 2 is 2.05 bits per heavy atom. The zero-order chi connectivity index (χ0) is 16.5. The molecule has 0 spiro atoms. The number of alkyl carbamates (subject to hydrolysis) is 1. The van der Waals surface area contributed by atoms with Gasteiger partial charge < -0.3 is 10.1 Å². The van der Waals surface area contributed by atoms with Crippen molar-refractivity contribution in [2.75, 3.05) is 6.54 Å². The molecule has 0 fully saturated rings. The van der Waals surface area contributed by atoms with Crippen molar-refractivity contribution in [2.24, 2.45) is 5.92 Å². The molecule has 0 saturated heterocycles. The molecule has 0 radical (unpaired) electrons. The summed E-state index contributed by atoms with van der Waals surface area (Å²) >= 11 is 0. The average molecular weight is 302 g/mol. The minimum absolute atomic E-state index is 0.102.